The smallest absolute Gasteiger partial charge is 0.348 e. The van der Waals surface area contributed by atoms with E-state index in [-0.39, 0.29) is 23.7 Å². The summed E-state index contributed by atoms with van der Waals surface area (Å²) in [6, 6.07) is 8.27. The number of benzene rings is 1. The summed E-state index contributed by atoms with van der Waals surface area (Å²) in [7, 11) is 0. The molecule has 1 saturated heterocycles. The van der Waals surface area contributed by atoms with Gasteiger partial charge in [0, 0.05) is 36.6 Å². The number of rotatable bonds is 5. The number of aryl methyl sites for hydroxylation is 2. The number of halogens is 1. The van der Waals surface area contributed by atoms with Gasteiger partial charge in [-0.2, -0.15) is 4.98 Å². The van der Waals surface area contributed by atoms with E-state index in [0.717, 1.165) is 5.56 Å². The number of hydrogen-bond donors (Lipinski definition) is 1. The van der Waals surface area contributed by atoms with E-state index in [1.165, 1.54) is 16.7 Å². The first-order valence-electron chi connectivity index (χ1n) is 9.05. The monoisotopic (exact) mass is 373 g/mol. The van der Waals surface area contributed by atoms with Gasteiger partial charge in [-0.25, -0.2) is 9.18 Å². The van der Waals surface area contributed by atoms with E-state index in [2.05, 4.69) is 10.3 Å². The second-order valence-corrected chi connectivity index (χ2v) is 7.09. The van der Waals surface area contributed by atoms with Gasteiger partial charge in [0.1, 0.15) is 12.4 Å². The van der Waals surface area contributed by atoms with Gasteiger partial charge in [-0.1, -0.05) is 12.1 Å². The van der Waals surface area contributed by atoms with Gasteiger partial charge in [0.25, 0.3) is 0 Å². The minimum atomic E-state index is -0.437. The number of nitrogens with one attached hydrogen (secondary N) is 1. The van der Waals surface area contributed by atoms with Crippen molar-refractivity contribution in [1.29, 1.82) is 0 Å². The zero-order chi connectivity index (χ0) is 19.4. The minimum Gasteiger partial charge on any atom is -0.381 e. The van der Waals surface area contributed by atoms with Crippen LogP contribution in [0.4, 0.5) is 4.39 Å². The fourth-order valence-electron chi connectivity index (χ4n) is 3.58. The second kappa shape index (κ2) is 8.00. The van der Waals surface area contributed by atoms with Gasteiger partial charge in [-0.3, -0.25) is 9.36 Å². The van der Waals surface area contributed by atoms with Gasteiger partial charge in [-0.15, -0.1) is 0 Å². The zero-order valence-corrected chi connectivity index (χ0v) is 15.6. The third kappa shape index (κ3) is 4.42. The van der Waals surface area contributed by atoms with Crippen molar-refractivity contribution in [3.63, 3.8) is 0 Å². The first-order valence-corrected chi connectivity index (χ1v) is 9.05. The van der Waals surface area contributed by atoms with Crippen molar-refractivity contribution >= 4 is 5.91 Å². The predicted octanol–water partition coefficient (Wildman–Crippen LogP) is 1.86. The van der Waals surface area contributed by atoms with Crippen LogP contribution in [0.15, 0.2) is 35.1 Å². The second-order valence-electron chi connectivity index (χ2n) is 7.09. The van der Waals surface area contributed by atoms with Crippen molar-refractivity contribution in [3.8, 4) is 0 Å². The van der Waals surface area contributed by atoms with Gasteiger partial charge in [0.2, 0.25) is 5.91 Å². The molecule has 1 fully saturated rings. The Balaban J connectivity index is 1.74. The molecule has 1 aromatic carbocycles. The lowest BCUT2D eigenvalue weighted by molar-refractivity contribution is -0.122. The van der Waals surface area contributed by atoms with Crippen LogP contribution in [0.25, 0.3) is 0 Å². The lowest BCUT2D eigenvalue weighted by atomic mass is 9.74. The van der Waals surface area contributed by atoms with Crippen molar-refractivity contribution in [2.75, 3.05) is 19.8 Å². The van der Waals surface area contributed by atoms with Crippen LogP contribution in [0.3, 0.4) is 0 Å². The molecule has 144 valence electrons. The van der Waals surface area contributed by atoms with E-state index in [9.17, 15) is 14.0 Å². The molecule has 0 bridgehead atoms. The Kier molecular flexibility index (Phi) is 5.70. The molecule has 2 aromatic rings. The summed E-state index contributed by atoms with van der Waals surface area (Å²) in [5.74, 6) is -0.564. The maximum atomic E-state index is 13.7. The molecule has 0 atom stereocenters. The summed E-state index contributed by atoms with van der Waals surface area (Å²) < 4.78 is 20.5. The first kappa shape index (κ1) is 19.2. The number of carbonyl (C=O) groups is 1. The Morgan fingerprint density at radius 2 is 2.04 bits per heavy atom. The SMILES string of the molecule is Cc1cc(C)n(CC(=O)NCC2(c3cccc(F)c3)CCOCC2)c(=O)n1. The van der Waals surface area contributed by atoms with Crippen LogP contribution in [0.5, 0.6) is 0 Å². The fourth-order valence-corrected chi connectivity index (χ4v) is 3.58. The predicted molar refractivity (Wildman–Crippen MR) is 99.1 cm³/mol. The molecule has 1 N–H and O–H groups in total. The number of aromatic nitrogens is 2. The molecule has 1 aliphatic heterocycles. The number of ether oxygens (including phenoxy) is 1. The van der Waals surface area contributed by atoms with Gasteiger partial charge < -0.3 is 10.1 Å². The number of amides is 1. The average Bonchev–Trinajstić information content (AvgIpc) is 2.64. The van der Waals surface area contributed by atoms with Crippen molar-refractivity contribution in [3.05, 3.63) is 63.6 Å². The van der Waals surface area contributed by atoms with Crippen LogP contribution in [0.1, 0.15) is 29.8 Å². The lowest BCUT2D eigenvalue weighted by Gasteiger charge is -2.38. The molecule has 2 heterocycles. The Labute approximate surface area is 157 Å². The third-order valence-electron chi connectivity index (χ3n) is 5.16. The summed E-state index contributed by atoms with van der Waals surface area (Å²) in [6.45, 7) is 4.92. The highest BCUT2D eigenvalue weighted by Gasteiger charge is 2.35. The molecule has 0 spiro atoms. The summed E-state index contributed by atoms with van der Waals surface area (Å²) >= 11 is 0. The quantitative estimate of drug-likeness (QED) is 0.868. The highest BCUT2D eigenvalue weighted by atomic mass is 19.1. The molecule has 1 aromatic heterocycles. The molecule has 1 aliphatic rings. The number of nitrogens with zero attached hydrogens (tertiary/aromatic N) is 2. The van der Waals surface area contributed by atoms with E-state index in [0.29, 0.717) is 44.0 Å². The van der Waals surface area contributed by atoms with E-state index in [1.54, 1.807) is 26.0 Å². The molecule has 0 radical (unpaired) electrons. The topological polar surface area (TPSA) is 73.2 Å². The molecule has 7 heteroatoms. The number of hydrogen-bond acceptors (Lipinski definition) is 4. The third-order valence-corrected chi connectivity index (χ3v) is 5.16. The van der Waals surface area contributed by atoms with Crippen molar-refractivity contribution in [1.82, 2.24) is 14.9 Å². The van der Waals surface area contributed by atoms with E-state index < -0.39 is 5.69 Å². The van der Waals surface area contributed by atoms with Gasteiger partial charge >= 0.3 is 5.69 Å². The summed E-state index contributed by atoms with van der Waals surface area (Å²) in [6.07, 6.45) is 1.39. The van der Waals surface area contributed by atoms with Gasteiger partial charge in [0.05, 0.1) is 0 Å². The minimum absolute atomic E-state index is 0.0896. The number of carbonyl (C=O) groups excluding carboxylic acids is 1. The first-order chi connectivity index (χ1) is 12.9. The maximum Gasteiger partial charge on any atom is 0.348 e. The van der Waals surface area contributed by atoms with Gasteiger partial charge in [0.15, 0.2) is 0 Å². The van der Waals surface area contributed by atoms with Crippen molar-refractivity contribution in [2.45, 2.75) is 38.6 Å². The van der Waals surface area contributed by atoms with Gasteiger partial charge in [-0.05, 0) is 50.5 Å². The van der Waals surface area contributed by atoms with Crippen LogP contribution in [0.2, 0.25) is 0 Å². The lowest BCUT2D eigenvalue weighted by Crippen LogP contribution is -2.46. The molecule has 3 rings (SSSR count). The zero-order valence-electron chi connectivity index (χ0n) is 15.6. The van der Waals surface area contributed by atoms with E-state index in [1.807, 2.05) is 6.07 Å². The highest BCUT2D eigenvalue weighted by Crippen LogP contribution is 2.34. The van der Waals surface area contributed by atoms with Crippen LogP contribution < -0.4 is 11.0 Å². The molecule has 1 amide bonds. The Morgan fingerprint density at radius 3 is 2.70 bits per heavy atom. The van der Waals surface area contributed by atoms with Crippen molar-refractivity contribution < 1.29 is 13.9 Å². The molecule has 0 aliphatic carbocycles. The Hall–Kier alpha value is -2.54. The molecule has 27 heavy (non-hydrogen) atoms. The summed E-state index contributed by atoms with van der Waals surface area (Å²) in [5.41, 5.74) is 1.36. The van der Waals surface area contributed by atoms with Crippen LogP contribution >= 0.6 is 0 Å². The summed E-state index contributed by atoms with van der Waals surface area (Å²) in [4.78, 5) is 28.4. The Bertz CT molecular complexity index is 888. The molecule has 0 unspecified atom stereocenters. The molecule has 0 saturated carbocycles. The van der Waals surface area contributed by atoms with E-state index >= 15 is 0 Å². The molecular formula is C20H24FN3O3. The normalized spacial score (nSPS) is 16.1. The highest BCUT2D eigenvalue weighted by molar-refractivity contribution is 5.76. The van der Waals surface area contributed by atoms with Crippen LogP contribution in [-0.2, 0) is 21.5 Å². The Morgan fingerprint density at radius 1 is 1.30 bits per heavy atom. The standard InChI is InChI=1S/C20H24FN3O3/c1-14-10-15(2)24(19(26)23-14)12-18(25)22-13-20(6-8-27-9-7-20)16-4-3-5-17(21)11-16/h3-5,10-11H,6-9,12-13H2,1-2H3,(H,22,25). The van der Waals surface area contributed by atoms with Crippen LogP contribution in [0, 0.1) is 19.7 Å². The molecule has 6 nitrogen and oxygen atoms in total. The van der Waals surface area contributed by atoms with Crippen LogP contribution in [-0.4, -0.2) is 35.2 Å². The fraction of sp³-hybridized carbons (Fsp3) is 0.450. The summed E-state index contributed by atoms with van der Waals surface area (Å²) in [5, 5.41) is 2.92. The van der Waals surface area contributed by atoms with Crippen molar-refractivity contribution in [2.24, 2.45) is 0 Å². The largest absolute Gasteiger partial charge is 0.381 e. The average molecular weight is 373 g/mol. The maximum absolute atomic E-state index is 13.7. The molecular weight excluding hydrogens is 349 g/mol. The van der Waals surface area contributed by atoms with E-state index in [4.69, 9.17) is 4.74 Å².